The number of hydrogen-bond donors (Lipinski definition) is 1. The molecule has 2 saturated heterocycles. The van der Waals surface area contributed by atoms with Crippen LogP contribution in [0.15, 0.2) is 78.9 Å². The third kappa shape index (κ3) is 4.24. The van der Waals surface area contributed by atoms with Gasteiger partial charge in [0.05, 0.1) is 44.4 Å². The number of esters is 2. The molecule has 0 radical (unpaired) electrons. The van der Waals surface area contributed by atoms with Crippen molar-refractivity contribution in [2.45, 2.75) is 18.0 Å². The Bertz CT molecular complexity index is 1420. The summed E-state index contributed by atoms with van der Waals surface area (Å²) in [5, 5.41) is 3.37. The second-order valence-electron chi connectivity index (χ2n) is 9.54. The van der Waals surface area contributed by atoms with Crippen molar-refractivity contribution in [1.82, 2.24) is 5.32 Å². The van der Waals surface area contributed by atoms with E-state index >= 15 is 0 Å². The number of para-hydroxylation sites is 1. The molecule has 2 heterocycles. The van der Waals surface area contributed by atoms with E-state index in [2.05, 4.69) is 5.32 Å². The fraction of sp³-hybridized carbons (Fsp3) is 0.267. The lowest BCUT2D eigenvalue weighted by molar-refractivity contribution is -0.152. The smallest absolute Gasteiger partial charge is 0.339 e. The SMILES string of the molecule is COC(=O)c1ccccc1N1C(=O)[C@@H]2[C@@H](C1=O)[C@](Cc1ccccc1)(C(=O)OC)N[C@H]2c1ccc(OC)cc1. The lowest BCUT2D eigenvalue weighted by atomic mass is 9.76. The van der Waals surface area contributed by atoms with Crippen molar-refractivity contribution in [3.05, 3.63) is 95.6 Å². The number of amides is 2. The number of hydrogen-bond acceptors (Lipinski definition) is 8. The molecule has 0 unspecified atom stereocenters. The molecule has 4 atom stereocenters. The molecule has 2 fully saturated rings. The van der Waals surface area contributed by atoms with Gasteiger partial charge in [0.25, 0.3) is 0 Å². The minimum atomic E-state index is -1.55. The zero-order chi connectivity index (χ0) is 27.7. The Labute approximate surface area is 225 Å². The van der Waals surface area contributed by atoms with Crippen LogP contribution in [-0.4, -0.2) is 50.6 Å². The molecule has 2 aliphatic rings. The molecule has 2 amide bonds. The first-order valence-corrected chi connectivity index (χ1v) is 12.5. The molecule has 39 heavy (non-hydrogen) atoms. The molecule has 2 aliphatic heterocycles. The molecule has 0 saturated carbocycles. The zero-order valence-electron chi connectivity index (χ0n) is 21.7. The molecule has 5 rings (SSSR count). The van der Waals surface area contributed by atoms with Gasteiger partial charge in [-0.2, -0.15) is 0 Å². The second-order valence-corrected chi connectivity index (χ2v) is 9.54. The second kappa shape index (κ2) is 10.3. The Morgan fingerprint density at radius 3 is 2.15 bits per heavy atom. The van der Waals surface area contributed by atoms with Gasteiger partial charge in [0.1, 0.15) is 11.3 Å². The van der Waals surface area contributed by atoms with Gasteiger partial charge in [0, 0.05) is 12.5 Å². The van der Waals surface area contributed by atoms with E-state index in [0.29, 0.717) is 11.3 Å². The number of rotatable bonds is 7. The number of methoxy groups -OCH3 is 3. The maximum atomic E-state index is 14.2. The van der Waals surface area contributed by atoms with Crippen LogP contribution in [0.5, 0.6) is 5.75 Å². The number of nitrogens with one attached hydrogen (secondary N) is 1. The normalized spacial score (nSPS) is 23.9. The minimum absolute atomic E-state index is 0.0716. The maximum absolute atomic E-state index is 14.2. The maximum Gasteiger partial charge on any atom is 0.339 e. The summed E-state index contributed by atoms with van der Waals surface area (Å²) in [6.45, 7) is 0. The molecule has 3 aromatic carbocycles. The van der Waals surface area contributed by atoms with E-state index in [1.807, 2.05) is 30.3 Å². The van der Waals surface area contributed by atoms with Gasteiger partial charge < -0.3 is 14.2 Å². The van der Waals surface area contributed by atoms with Gasteiger partial charge in [0.2, 0.25) is 11.8 Å². The average Bonchev–Trinajstić information content (AvgIpc) is 3.45. The molecule has 0 aliphatic carbocycles. The molecule has 9 nitrogen and oxygen atoms in total. The van der Waals surface area contributed by atoms with Crippen molar-refractivity contribution < 1.29 is 33.4 Å². The van der Waals surface area contributed by atoms with Crippen LogP contribution in [0.3, 0.4) is 0 Å². The van der Waals surface area contributed by atoms with Gasteiger partial charge in [-0.15, -0.1) is 0 Å². The number of benzene rings is 3. The lowest BCUT2D eigenvalue weighted by Gasteiger charge is -2.33. The summed E-state index contributed by atoms with van der Waals surface area (Å²) in [4.78, 5) is 55.6. The quantitative estimate of drug-likeness (QED) is 0.368. The number of carbonyl (C=O) groups excluding carboxylic acids is 4. The number of ether oxygens (including phenoxy) is 3. The Kier molecular flexibility index (Phi) is 6.93. The highest BCUT2D eigenvalue weighted by atomic mass is 16.5. The summed E-state index contributed by atoms with van der Waals surface area (Å²) < 4.78 is 15.5. The molecule has 0 spiro atoms. The first-order chi connectivity index (χ1) is 18.9. The predicted octanol–water partition coefficient (Wildman–Crippen LogP) is 3.09. The van der Waals surface area contributed by atoms with E-state index in [1.54, 1.807) is 43.5 Å². The third-order valence-electron chi connectivity index (χ3n) is 7.55. The first-order valence-electron chi connectivity index (χ1n) is 12.5. The summed E-state index contributed by atoms with van der Waals surface area (Å²) in [5.74, 6) is -3.87. The van der Waals surface area contributed by atoms with Crippen LogP contribution < -0.4 is 15.0 Å². The van der Waals surface area contributed by atoms with E-state index < -0.39 is 47.2 Å². The molecule has 0 bridgehead atoms. The van der Waals surface area contributed by atoms with Crippen molar-refractivity contribution in [3.8, 4) is 5.75 Å². The number of imide groups is 1. The summed E-state index contributed by atoms with van der Waals surface area (Å²) in [6, 6.07) is 21.9. The zero-order valence-corrected chi connectivity index (χ0v) is 21.7. The van der Waals surface area contributed by atoms with Gasteiger partial charge >= 0.3 is 11.9 Å². The lowest BCUT2D eigenvalue weighted by Crippen LogP contribution is -2.58. The minimum Gasteiger partial charge on any atom is -0.497 e. The highest BCUT2D eigenvalue weighted by molar-refractivity contribution is 6.25. The Hall–Kier alpha value is -4.50. The van der Waals surface area contributed by atoms with E-state index in [1.165, 1.54) is 26.4 Å². The van der Waals surface area contributed by atoms with Crippen LogP contribution in [0, 0.1) is 11.8 Å². The molecule has 9 heteroatoms. The Morgan fingerprint density at radius 2 is 1.51 bits per heavy atom. The topological polar surface area (TPSA) is 111 Å². The van der Waals surface area contributed by atoms with E-state index in [4.69, 9.17) is 14.2 Å². The van der Waals surface area contributed by atoms with Crippen LogP contribution >= 0.6 is 0 Å². The van der Waals surface area contributed by atoms with Gasteiger partial charge in [0.15, 0.2) is 0 Å². The number of anilines is 1. The summed E-state index contributed by atoms with van der Waals surface area (Å²) in [6.07, 6.45) is 0.111. The molecular weight excluding hydrogens is 500 g/mol. The van der Waals surface area contributed by atoms with E-state index in [0.717, 1.165) is 10.5 Å². The summed E-state index contributed by atoms with van der Waals surface area (Å²) in [5.41, 5.74) is 0.128. The van der Waals surface area contributed by atoms with Crippen molar-refractivity contribution in [1.29, 1.82) is 0 Å². The molecule has 0 aromatic heterocycles. The predicted molar refractivity (Wildman–Crippen MR) is 141 cm³/mol. The van der Waals surface area contributed by atoms with Crippen LogP contribution in [0.25, 0.3) is 0 Å². The average molecular weight is 529 g/mol. The summed E-state index contributed by atoms with van der Waals surface area (Å²) >= 11 is 0. The van der Waals surface area contributed by atoms with Gasteiger partial charge in [-0.3, -0.25) is 19.7 Å². The van der Waals surface area contributed by atoms with Crippen LogP contribution in [0.2, 0.25) is 0 Å². The fourth-order valence-electron chi connectivity index (χ4n) is 5.81. The fourth-order valence-corrected chi connectivity index (χ4v) is 5.81. The Balaban J connectivity index is 1.68. The highest BCUT2D eigenvalue weighted by Gasteiger charge is 2.69. The van der Waals surface area contributed by atoms with Crippen LogP contribution in [0.1, 0.15) is 27.5 Å². The Morgan fingerprint density at radius 1 is 0.846 bits per heavy atom. The molecule has 1 N–H and O–H groups in total. The van der Waals surface area contributed by atoms with E-state index in [-0.39, 0.29) is 17.7 Å². The van der Waals surface area contributed by atoms with Gasteiger partial charge in [-0.05, 0) is 35.4 Å². The number of fused-ring (bicyclic) bond motifs is 1. The summed E-state index contributed by atoms with van der Waals surface area (Å²) in [7, 11) is 4.04. The molecular formula is C30H28N2O7. The number of carbonyl (C=O) groups is 4. The standard InChI is InChI=1S/C30H28N2O7/c1-37-20-15-13-19(14-16-20)25-23-24(30(31-25,29(36)39-3)17-18-9-5-4-6-10-18)27(34)32(26(23)33)22-12-8-7-11-21(22)28(35)38-2/h4-16,23-25,31H,17H2,1-3H3/t23-,24+,25+,30-/m1/s1. The van der Waals surface area contributed by atoms with Gasteiger partial charge in [-0.25, -0.2) is 9.69 Å². The largest absolute Gasteiger partial charge is 0.497 e. The van der Waals surface area contributed by atoms with Crippen molar-refractivity contribution in [3.63, 3.8) is 0 Å². The van der Waals surface area contributed by atoms with Gasteiger partial charge in [-0.1, -0.05) is 54.6 Å². The third-order valence-corrected chi connectivity index (χ3v) is 7.55. The van der Waals surface area contributed by atoms with Crippen LogP contribution in [0.4, 0.5) is 5.69 Å². The molecule has 200 valence electrons. The van der Waals surface area contributed by atoms with Crippen molar-refractivity contribution in [2.75, 3.05) is 26.2 Å². The highest BCUT2D eigenvalue weighted by Crippen LogP contribution is 2.51. The number of nitrogens with zero attached hydrogens (tertiary/aromatic N) is 1. The van der Waals surface area contributed by atoms with Crippen molar-refractivity contribution >= 4 is 29.4 Å². The van der Waals surface area contributed by atoms with Crippen LogP contribution in [-0.2, 0) is 30.3 Å². The first kappa shape index (κ1) is 26.1. The molecule has 3 aromatic rings. The monoisotopic (exact) mass is 528 g/mol. The van der Waals surface area contributed by atoms with E-state index in [9.17, 15) is 19.2 Å². The van der Waals surface area contributed by atoms with Crippen molar-refractivity contribution in [2.24, 2.45) is 11.8 Å².